The number of hydrogen-bond acceptors (Lipinski definition) is 4. The first-order chi connectivity index (χ1) is 23.4. The van der Waals surface area contributed by atoms with Gasteiger partial charge in [0.25, 0.3) is 0 Å². The molecular formula is C44H58O4. The second kappa shape index (κ2) is 19.8. The van der Waals surface area contributed by atoms with E-state index in [-0.39, 0.29) is 5.41 Å². The molecule has 5 rings (SSSR count). The zero-order valence-corrected chi connectivity index (χ0v) is 29.1. The lowest BCUT2D eigenvalue weighted by Crippen LogP contribution is -2.28. The van der Waals surface area contributed by atoms with E-state index in [1.54, 1.807) is 48.5 Å². The molecule has 0 atom stereocenters. The van der Waals surface area contributed by atoms with Gasteiger partial charge in [0.1, 0.15) is 23.0 Å². The first-order valence-electron chi connectivity index (χ1n) is 18.6. The Labute approximate surface area is 289 Å². The first kappa shape index (κ1) is 36.9. The monoisotopic (exact) mass is 650 g/mol. The molecule has 1 aliphatic rings. The highest BCUT2D eigenvalue weighted by molar-refractivity contribution is 5.43. The highest BCUT2D eigenvalue weighted by atomic mass is 16.3. The van der Waals surface area contributed by atoms with Crippen molar-refractivity contribution < 1.29 is 20.4 Å². The summed E-state index contributed by atoms with van der Waals surface area (Å²) in [5.41, 5.74) is 5.01. The van der Waals surface area contributed by atoms with Gasteiger partial charge >= 0.3 is 0 Å². The Balaban J connectivity index is 0.000000217. The zero-order chi connectivity index (χ0) is 34.0. The minimum Gasteiger partial charge on any atom is -0.508 e. The van der Waals surface area contributed by atoms with Crippen LogP contribution in [0.2, 0.25) is 0 Å². The molecule has 0 amide bonds. The Morgan fingerprint density at radius 1 is 0.438 bits per heavy atom. The van der Waals surface area contributed by atoms with Crippen LogP contribution in [0.3, 0.4) is 0 Å². The van der Waals surface area contributed by atoms with Crippen LogP contribution in [-0.2, 0) is 5.41 Å². The van der Waals surface area contributed by atoms with Crippen molar-refractivity contribution in [2.75, 3.05) is 0 Å². The van der Waals surface area contributed by atoms with E-state index in [9.17, 15) is 20.4 Å². The third-order valence-corrected chi connectivity index (χ3v) is 10.2. The van der Waals surface area contributed by atoms with E-state index in [0.717, 1.165) is 19.3 Å². The fourth-order valence-electron chi connectivity index (χ4n) is 7.41. The third-order valence-electron chi connectivity index (χ3n) is 10.2. The summed E-state index contributed by atoms with van der Waals surface area (Å²) < 4.78 is 0. The van der Waals surface area contributed by atoms with Gasteiger partial charge in [0.15, 0.2) is 0 Å². The van der Waals surface area contributed by atoms with Gasteiger partial charge in [-0.2, -0.15) is 0 Å². The predicted molar refractivity (Wildman–Crippen MR) is 199 cm³/mol. The van der Waals surface area contributed by atoms with E-state index >= 15 is 0 Å². The summed E-state index contributed by atoms with van der Waals surface area (Å²) in [4.78, 5) is 0. The topological polar surface area (TPSA) is 80.9 Å². The minimum atomic E-state index is -0.0151. The van der Waals surface area contributed by atoms with Gasteiger partial charge in [0.05, 0.1) is 0 Å². The molecule has 0 unspecified atom stereocenters. The Morgan fingerprint density at radius 2 is 0.771 bits per heavy atom. The number of benzene rings is 4. The maximum atomic E-state index is 9.70. The second-order valence-electron chi connectivity index (χ2n) is 13.8. The van der Waals surface area contributed by atoms with E-state index in [4.69, 9.17) is 0 Å². The SMILES string of the molecule is CCCCCCCCCC(c1ccc(O)cc1)c1ccc(O)cc1.Oc1ccc(C2(c3ccc(O)cc3)CCCCCCCCC2)cc1. The van der Waals surface area contributed by atoms with Crippen LogP contribution < -0.4 is 0 Å². The average Bonchev–Trinajstić information content (AvgIpc) is 3.10. The summed E-state index contributed by atoms with van der Waals surface area (Å²) in [6.45, 7) is 2.25. The Morgan fingerprint density at radius 3 is 1.17 bits per heavy atom. The summed E-state index contributed by atoms with van der Waals surface area (Å²) in [5.74, 6) is 1.57. The smallest absolute Gasteiger partial charge is 0.115 e. The van der Waals surface area contributed by atoms with E-state index < -0.39 is 0 Å². The third kappa shape index (κ3) is 11.4. The van der Waals surface area contributed by atoms with Crippen LogP contribution in [0, 0.1) is 0 Å². The van der Waals surface area contributed by atoms with Crippen molar-refractivity contribution in [2.45, 2.75) is 127 Å². The molecule has 4 heteroatoms. The number of aromatic hydroxyl groups is 4. The molecule has 4 aromatic rings. The van der Waals surface area contributed by atoms with E-state index in [2.05, 4.69) is 31.2 Å². The van der Waals surface area contributed by atoms with Crippen LogP contribution in [0.5, 0.6) is 23.0 Å². The van der Waals surface area contributed by atoms with Crippen LogP contribution in [0.4, 0.5) is 0 Å². The molecule has 0 aromatic heterocycles. The van der Waals surface area contributed by atoms with Crippen molar-refractivity contribution in [1.82, 2.24) is 0 Å². The summed E-state index contributed by atoms with van der Waals surface area (Å²) in [6, 6.07) is 30.6. The highest BCUT2D eigenvalue weighted by Crippen LogP contribution is 2.43. The van der Waals surface area contributed by atoms with Crippen LogP contribution in [-0.4, -0.2) is 20.4 Å². The molecule has 1 aliphatic carbocycles. The number of phenolic OH excluding ortho intramolecular Hbond substituents is 4. The van der Waals surface area contributed by atoms with Crippen molar-refractivity contribution in [3.63, 3.8) is 0 Å². The highest BCUT2D eigenvalue weighted by Gasteiger charge is 2.33. The molecular weight excluding hydrogens is 592 g/mol. The Hall–Kier alpha value is -3.92. The van der Waals surface area contributed by atoms with E-state index in [1.165, 1.54) is 112 Å². The molecule has 0 saturated heterocycles. The molecule has 0 bridgehead atoms. The molecule has 4 nitrogen and oxygen atoms in total. The molecule has 1 saturated carbocycles. The molecule has 258 valence electrons. The molecule has 0 spiro atoms. The van der Waals surface area contributed by atoms with Gasteiger partial charge in [0, 0.05) is 11.3 Å². The van der Waals surface area contributed by atoms with Crippen LogP contribution >= 0.6 is 0 Å². The van der Waals surface area contributed by atoms with Gasteiger partial charge in [-0.05, 0) is 90.0 Å². The quantitative estimate of drug-likeness (QED) is 0.115. The van der Waals surface area contributed by atoms with Crippen molar-refractivity contribution in [1.29, 1.82) is 0 Å². The van der Waals surface area contributed by atoms with Crippen molar-refractivity contribution in [2.24, 2.45) is 0 Å². The van der Waals surface area contributed by atoms with Crippen molar-refractivity contribution >= 4 is 0 Å². The number of hydrogen-bond donors (Lipinski definition) is 4. The zero-order valence-electron chi connectivity index (χ0n) is 29.1. The first-order valence-corrected chi connectivity index (χ1v) is 18.6. The lowest BCUT2D eigenvalue weighted by molar-refractivity contribution is 0.376. The lowest BCUT2D eigenvalue weighted by Gasteiger charge is -2.36. The van der Waals surface area contributed by atoms with Crippen LogP contribution in [0.1, 0.15) is 144 Å². The molecule has 0 radical (unpaired) electrons. The van der Waals surface area contributed by atoms with Crippen molar-refractivity contribution in [3.05, 3.63) is 119 Å². The van der Waals surface area contributed by atoms with Gasteiger partial charge in [-0.15, -0.1) is 0 Å². The Kier molecular flexibility index (Phi) is 15.2. The molecule has 4 aromatic carbocycles. The summed E-state index contributed by atoms with van der Waals surface area (Å²) in [5, 5.41) is 38.4. The number of rotatable bonds is 12. The number of phenols is 4. The minimum absolute atomic E-state index is 0.0151. The largest absolute Gasteiger partial charge is 0.508 e. The summed E-state index contributed by atoms with van der Waals surface area (Å²) in [7, 11) is 0. The molecule has 0 heterocycles. The average molecular weight is 651 g/mol. The lowest BCUT2D eigenvalue weighted by atomic mass is 9.67. The number of unbranched alkanes of at least 4 members (excludes halogenated alkanes) is 6. The van der Waals surface area contributed by atoms with Crippen LogP contribution in [0.25, 0.3) is 0 Å². The van der Waals surface area contributed by atoms with Gasteiger partial charge in [-0.25, -0.2) is 0 Å². The Bertz CT molecular complexity index is 1320. The fraction of sp³-hybridized carbons (Fsp3) is 0.455. The standard InChI is InChI=1S/C22H28O2.C22H30O2/c23-20-12-8-18(9-13-20)22(19-10-14-21(24)15-11-19)16-6-4-2-1-3-5-7-17-22;1-2-3-4-5-6-7-8-9-22(18-10-14-20(23)15-11-18)19-12-16-21(24)17-13-19/h8-15,23-24H,1-7,16-17H2;10-17,22-24H,2-9H2,1H3. The molecule has 1 fully saturated rings. The van der Waals surface area contributed by atoms with E-state index in [1.807, 2.05) is 24.3 Å². The summed E-state index contributed by atoms with van der Waals surface area (Å²) >= 11 is 0. The van der Waals surface area contributed by atoms with Crippen molar-refractivity contribution in [3.8, 4) is 23.0 Å². The van der Waals surface area contributed by atoms with Gasteiger partial charge in [0.2, 0.25) is 0 Å². The maximum Gasteiger partial charge on any atom is 0.115 e. The van der Waals surface area contributed by atoms with E-state index in [0.29, 0.717) is 28.9 Å². The second-order valence-corrected chi connectivity index (χ2v) is 13.8. The van der Waals surface area contributed by atoms with Gasteiger partial charge in [-0.1, -0.05) is 145 Å². The maximum absolute atomic E-state index is 9.70. The molecule has 0 aliphatic heterocycles. The molecule has 48 heavy (non-hydrogen) atoms. The fourth-order valence-corrected chi connectivity index (χ4v) is 7.41. The van der Waals surface area contributed by atoms with Gasteiger partial charge in [-0.3, -0.25) is 0 Å². The summed E-state index contributed by atoms with van der Waals surface area (Å²) in [6.07, 6.45) is 21.6. The van der Waals surface area contributed by atoms with Crippen LogP contribution in [0.15, 0.2) is 97.1 Å². The molecule has 4 N–H and O–H groups in total. The predicted octanol–water partition coefficient (Wildman–Crippen LogP) is 12.3. The van der Waals surface area contributed by atoms with Gasteiger partial charge < -0.3 is 20.4 Å². The normalized spacial score (nSPS) is 15.0.